The van der Waals surface area contributed by atoms with Crippen LogP contribution in [0.25, 0.3) is 0 Å². The van der Waals surface area contributed by atoms with Gasteiger partial charge in [-0.2, -0.15) is 0 Å². The van der Waals surface area contributed by atoms with E-state index in [4.69, 9.17) is 21.7 Å². The summed E-state index contributed by atoms with van der Waals surface area (Å²) >= 11 is 5.30. The van der Waals surface area contributed by atoms with Gasteiger partial charge in [0.15, 0.2) is 5.11 Å². The summed E-state index contributed by atoms with van der Waals surface area (Å²) in [7, 11) is -1.03. The fraction of sp³-hybridized carbons (Fsp3) is 0.269. The van der Waals surface area contributed by atoms with E-state index in [1.807, 2.05) is 62.4 Å². The monoisotopic (exact) mass is 470 g/mol. The van der Waals surface area contributed by atoms with Gasteiger partial charge >= 0.3 is 62.9 Å². The Balaban J connectivity index is 0.000000303. The van der Waals surface area contributed by atoms with Crippen molar-refractivity contribution in [2.24, 2.45) is 0 Å². The van der Waals surface area contributed by atoms with Gasteiger partial charge in [-0.05, 0) is 74.6 Å². The van der Waals surface area contributed by atoms with Crippen molar-refractivity contribution in [3.63, 3.8) is 0 Å². The maximum atomic E-state index is 5.40. The number of hydrogen-bond acceptors (Lipinski definition) is 3. The number of thiocarbonyl (C=S) groups is 1. The van der Waals surface area contributed by atoms with Gasteiger partial charge in [-0.1, -0.05) is 0 Å². The van der Waals surface area contributed by atoms with E-state index in [0.717, 1.165) is 22.9 Å². The molecule has 172 valence electrons. The molecule has 2 N–H and O–H groups in total. The third-order valence-corrected chi connectivity index (χ3v) is 6.76. The van der Waals surface area contributed by atoms with Gasteiger partial charge in [0.2, 0.25) is 0 Å². The van der Waals surface area contributed by atoms with Gasteiger partial charge in [-0.15, -0.1) is 0 Å². The Morgan fingerprint density at radius 3 is 1.41 bits per heavy atom. The quantitative estimate of drug-likeness (QED) is 0.316. The van der Waals surface area contributed by atoms with Crippen LogP contribution in [0.4, 0.5) is 11.4 Å². The van der Waals surface area contributed by atoms with Gasteiger partial charge in [0, 0.05) is 11.4 Å². The zero-order valence-electron chi connectivity index (χ0n) is 19.6. The Hall–Kier alpha value is -2.62. The van der Waals surface area contributed by atoms with Crippen LogP contribution in [-0.2, 0) is 0 Å². The average Bonchev–Trinajstić information content (AvgIpc) is 2.77. The van der Waals surface area contributed by atoms with Gasteiger partial charge in [-0.25, -0.2) is 0 Å². The first-order chi connectivity index (χ1) is 15.3. The van der Waals surface area contributed by atoms with Gasteiger partial charge in [0.05, 0.1) is 13.2 Å². The number of benzene rings is 3. The van der Waals surface area contributed by atoms with Crippen molar-refractivity contribution >= 4 is 41.3 Å². The van der Waals surface area contributed by atoms with E-state index in [-0.39, 0.29) is 0 Å². The summed E-state index contributed by atoms with van der Waals surface area (Å²) in [5.74, 6) is 1.69. The Morgan fingerprint density at radius 1 is 0.688 bits per heavy atom. The van der Waals surface area contributed by atoms with Gasteiger partial charge in [0.25, 0.3) is 0 Å². The molecule has 3 rings (SSSR count). The molecule has 0 saturated heterocycles. The van der Waals surface area contributed by atoms with Gasteiger partial charge in [-0.3, -0.25) is 0 Å². The molecular weight excluding hydrogens is 435 g/mol. The van der Waals surface area contributed by atoms with Crippen LogP contribution in [0.2, 0.25) is 0 Å². The Kier molecular flexibility index (Phi) is 10.5. The number of nitrogens with one attached hydrogen (secondary N) is 2. The molecule has 4 nitrogen and oxygen atoms in total. The summed E-state index contributed by atoms with van der Waals surface area (Å²) in [5.41, 5.74) is 1.82. The predicted octanol–water partition coefficient (Wildman–Crippen LogP) is 6.24. The molecule has 0 saturated carbocycles. The number of hydrogen-bond donors (Lipinski definition) is 2. The van der Waals surface area contributed by atoms with Crippen molar-refractivity contribution in [2.45, 2.75) is 13.8 Å². The van der Waals surface area contributed by atoms with Crippen molar-refractivity contribution in [1.29, 1.82) is 0 Å². The number of anilines is 2. The van der Waals surface area contributed by atoms with Crippen LogP contribution < -0.4 is 25.4 Å². The Bertz CT molecular complexity index is 887. The molecule has 0 fully saturated rings. The van der Waals surface area contributed by atoms with E-state index in [0.29, 0.717) is 18.3 Å². The van der Waals surface area contributed by atoms with Crippen LogP contribution in [0.3, 0.4) is 0 Å². The first-order valence-corrected chi connectivity index (χ1v) is 14.8. The predicted molar refractivity (Wildman–Crippen MR) is 147 cm³/mol. The molecule has 0 aromatic heterocycles. The summed E-state index contributed by atoms with van der Waals surface area (Å²) in [6, 6.07) is 26.1. The molecule has 32 heavy (non-hydrogen) atoms. The first kappa shape index (κ1) is 25.6. The zero-order chi connectivity index (χ0) is 23.4. The molecule has 0 amide bonds. The van der Waals surface area contributed by atoms with Crippen molar-refractivity contribution in [3.05, 3.63) is 78.9 Å². The van der Waals surface area contributed by atoms with Gasteiger partial charge in [0.1, 0.15) is 11.5 Å². The molecule has 0 aliphatic carbocycles. The molecule has 0 radical (unpaired) electrons. The van der Waals surface area contributed by atoms with Crippen molar-refractivity contribution in [2.75, 3.05) is 43.8 Å². The second-order valence-electron chi connectivity index (χ2n) is 8.11. The summed E-state index contributed by atoms with van der Waals surface area (Å²) in [5, 5.41) is 8.34. The Morgan fingerprint density at radius 2 is 1.09 bits per heavy atom. The van der Waals surface area contributed by atoms with Crippen molar-refractivity contribution in [1.82, 2.24) is 0 Å². The molecule has 0 aliphatic rings. The molecule has 0 heterocycles. The molecule has 0 unspecified atom stereocenters. The van der Waals surface area contributed by atoms with E-state index in [1.165, 1.54) is 5.30 Å². The van der Waals surface area contributed by atoms with Crippen molar-refractivity contribution < 1.29 is 9.47 Å². The molecule has 3 aromatic carbocycles. The Labute approximate surface area is 198 Å². The molecule has 0 atom stereocenters. The van der Waals surface area contributed by atoms with Crippen molar-refractivity contribution in [3.8, 4) is 11.5 Å². The number of ether oxygens (including phenoxy) is 2. The van der Waals surface area contributed by atoms with E-state index >= 15 is 0 Å². The van der Waals surface area contributed by atoms with E-state index < -0.39 is 7.26 Å². The van der Waals surface area contributed by atoms with Crippen LogP contribution in [0.5, 0.6) is 11.5 Å². The summed E-state index contributed by atoms with van der Waals surface area (Å²) in [6.45, 7) is 12.3. The topological polar surface area (TPSA) is 42.5 Å². The number of rotatable bonds is 7. The third kappa shape index (κ3) is 9.25. The standard InChI is InChI=1S/C17H20N2O2S.C9H15P/c1-3-20-15-9-5-13(6-10-15)18-17(22)19-14-7-11-16(12-8-14)21-4-2;1-10(2,3)9-7-5-4-6-8-9/h5-12H,3-4H2,1-2H3,(H2,18,19,22);4-8,10H,1-3H3. The molecule has 0 aliphatic heterocycles. The second-order valence-corrected chi connectivity index (χ2v) is 13.6. The minimum absolute atomic E-state index is 0.535. The average molecular weight is 471 g/mol. The minimum atomic E-state index is -1.03. The summed E-state index contributed by atoms with van der Waals surface area (Å²) in [6.07, 6.45) is 0. The van der Waals surface area contributed by atoms with E-state index in [9.17, 15) is 0 Å². The molecule has 0 spiro atoms. The maximum absolute atomic E-state index is 5.40. The second kappa shape index (κ2) is 13.0. The fourth-order valence-electron chi connectivity index (χ4n) is 2.83. The molecule has 3 aromatic rings. The summed E-state index contributed by atoms with van der Waals surface area (Å²) in [4.78, 5) is 0. The third-order valence-electron chi connectivity index (χ3n) is 4.49. The first-order valence-electron chi connectivity index (χ1n) is 10.9. The SMILES string of the molecule is CCOc1ccc(NC(=S)Nc2ccc(OCC)cc2)cc1.C[PH](C)(C)c1ccccc1. The molecule has 0 bridgehead atoms. The van der Waals surface area contributed by atoms with Crippen LogP contribution in [-0.4, -0.2) is 38.3 Å². The normalized spacial score (nSPS) is 10.9. The molecular formula is C26H35N2O2PS. The molecule has 6 heteroatoms. The van der Waals surface area contributed by atoms with E-state index in [1.54, 1.807) is 0 Å². The van der Waals surface area contributed by atoms with Gasteiger partial charge < -0.3 is 20.1 Å². The fourth-order valence-corrected chi connectivity index (χ4v) is 4.26. The zero-order valence-corrected chi connectivity index (χ0v) is 21.5. The van der Waals surface area contributed by atoms with E-state index in [2.05, 4.69) is 61.0 Å². The van der Waals surface area contributed by atoms with Crippen LogP contribution in [0, 0.1) is 0 Å². The summed E-state index contributed by atoms with van der Waals surface area (Å²) < 4.78 is 10.8. The van der Waals surface area contributed by atoms with Crippen LogP contribution >= 0.6 is 19.5 Å². The van der Waals surface area contributed by atoms with Crippen LogP contribution in [0.1, 0.15) is 13.8 Å². The van der Waals surface area contributed by atoms with Crippen LogP contribution in [0.15, 0.2) is 78.9 Å².